The molecule has 164 valence electrons. The summed E-state index contributed by atoms with van der Waals surface area (Å²) in [6.45, 7) is 1.87. The second kappa shape index (κ2) is 7.93. The lowest BCUT2D eigenvalue weighted by Crippen LogP contribution is -2.23. The highest BCUT2D eigenvalue weighted by atomic mass is 19.3. The number of rotatable bonds is 5. The summed E-state index contributed by atoms with van der Waals surface area (Å²) in [7, 11) is 1.54. The van der Waals surface area contributed by atoms with E-state index in [1.54, 1.807) is 6.07 Å². The molecule has 0 unspecified atom stereocenters. The van der Waals surface area contributed by atoms with E-state index in [2.05, 4.69) is 20.2 Å². The van der Waals surface area contributed by atoms with E-state index in [4.69, 9.17) is 9.15 Å². The minimum absolute atomic E-state index is 0.265. The lowest BCUT2D eigenvalue weighted by atomic mass is 10.00. The summed E-state index contributed by atoms with van der Waals surface area (Å²) in [4.78, 5) is 8.62. The van der Waals surface area contributed by atoms with Crippen molar-refractivity contribution in [1.29, 1.82) is 0 Å². The molecule has 3 heterocycles. The maximum atomic E-state index is 14.9. The van der Waals surface area contributed by atoms with E-state index < -0.39 is 17.7 Å². The summed E-state index contributed by atoms with van der Waals surface area (Å²) in [6.07, 6.45) is 3.98. The number of fused-ring (bicyclic) bond motifs is 1. The van der Waals surface area contributed by atoms with Gasteiger partial charge in [0.25, 0.3) is 5.89 Å². The summed E-state index contributed by atoms with van der Waals surface area (Å²) in [5.74, 6) is -3.63. The number of oxazole rings is 1. The van der Waals surface area contributed by atoms with E-state index in [9.17, 15) is 8.78 Å². The van der Waals surface area contributed by atoms with Gasteiger partial charge in [-0.3, -0.25) is 4.98 Å². The van der Waals surface area contributed by atoms with Crippen molar-refractivity contribution >= 4 is 10.9 Å². The van der Waals surface area contributed by atoms with Crippen LogP contribution in [0.5, 0.6) is 5.88 Å². The van der Waals surface area contributed by atoms with Gasteiger partial charge in [0.15, 0.2) is 5.76 Å². The van der Waals surface area contributed by atoms with Crippen LogP contribution >= 0.6 is 0 Å². The number of nitrogens with zero attached hydrogens (tertiary/aromatic N) is 4. The predicted molar refractivity (Wildman–Crippen MR) is 115 cm³/mol. The van der Waals surface area contributed by atoms with E-state index in [0.29, 0.717) is 35.5 Å². The quantitative estimate of drug-likeness (QED) is 0.385. The van der Waals surface area contributed by atoms with Crippen LogP contribution in [-0.4, -0.2) is 27.3 Å². The molecule has 0 saturated heterocycles. The smallest absolute Gasteiger partial charge is 0.325 e. The topological polar surface area (TPSA) is 73.9 Å². The lowest BCUT2D eigenvalue weighted by Gasteiger charge is -2.19. The first kappa shape index (κ1) is 20.5. The third-order valence-corrected chi connectivity index (χ3v) is 6.01. The van der Waals surface area contributed by atoms with Crippen LogP contribution in [0.3, 0.4) is 0 Å². The molecular formula is C24H22F2N4O2. The normalized spacial score (nSPS) is 14.9. The molecule has 6 nitrogen and oxygen atoms in total. The van der Waals surface area contributed by atoms with E-state index in [0.717, 1.165) is 29.5 Å². The monoisotopic (exact) mass is 436 g/mol. The zero-order valence-corrected chi connectivity index (χ0v) is 17.8. The fourth-order valence-electron chi connectivity index (χ4n) is 4.26. The molecule has 4 aromatic rings. The van der Waals surface area contributed by atoms with Gasteiger partial charge in [0, 0.05) is 34.2 Å². The minimum Gasteiger partial charge on any atom is -0.480 e. The number of methoxy groups -OCH3 is 1. The average Bonchev–Trinajstić information content (AvgIpc) is 3.51. The molecule has 1 aromatic carbocycles. The fourth-order valence-corrected chi connectivity index (χ4v) is 4.26. The molecule has 1 aliphatic carbocycles. The molecule has 1 saturated carbocycles. The van der Waals surface area contributed by atoms with Gasteiger partial charge in [-0.05, 0) is 38.0 Å². The number of pyridine rings is 1. The number of hydrogen-bond acceptors (Lipinski definition) is 6. The third-order valence-electron chi connectivity index (χ3n) is 6.01. The van der Waals surface area contributed by atoms with Crippen LogP contribution in [0.4, 0.5) is 8.78 Å². The number of alkyl halides is 2. The second-order valence-electron chi connectivity index (χ2n) is 8.14. The summed E-state index contributed by atoms with van der Waals surface area (Å²) >= 11 is 0. The Morgan fingerprint density at radius 3 is 2.66 bits per heavy atom. The third kappa shape index (κ3) is 3.59. The van der Waals surface area contributed by atoms with Crippen LogP contribution in [0.15, 0.2) is 47.0 Å². The summed E-state index contributed by atoms with van der Waals surface area (Å²) < 4.78 is 40.6. The zero-order chi connectivity index (χ0) is 22.3. The van der Waals surface area contributed by atoms with Gasteiger partial charge in [0.05, 0.1) is 24.5 Å². The van der Waals surface area contributed by atoms with E-state index >= 15 is 0 Å². The zero-order valence-electron chi connectivity index (χ0n) is 17.8. The van der Waals surface area contributed by atoms with Gasteiger partial charge in [-0.1, -0.05) is 25.0 Å². The molecule has 1 aliphatic rings. The average molecular weight is 436 g/mol. The van der Waals surface area contributed by atoms with E-state index in [1.165, 1.54) is 13.3 Å². The van der Waals surface area contributed by atoms with Gasteiger partial charge in [-0.15, -0.1) is 10.2 Å². The Balaban J connectivity index is 1.56. The standard InChI is InChI=1S/C24H22F2N4O2/c1-14-7-10-18(20-13-27-23(32-20)24(25,26)17-5-3-4-6-17)22(28-14)16-9-8-15-12-21(31-2)30-29-19(15)11-16/h7-13,17H,3-6H2,1-2H3. The number of hydrogen-bond donors (Lipinski definition) is 0. The molecule has 8 heteroatoms. The Kier molecular flexibility index (Phi) is 5.07. The Labute approximate surface area is 183 Å². The SMILES string of the molecule is COc1cc2ccc(-c3nc(C)ccc3-c3cnc(C(F)(F)C4CCCC4)o3)cc2nn1. The first-order valence-corrected chi connectivity index (χ1v) is 10.6. The molecule has 3 aromatic heterocycles. The van der Waals surface area contributed by atoms with Crippen LogP contribution < -0.4 is 4.74 Å². The van der Waals surface area contributed by atoms with Crippen molar-refractivity contribution in [3.05, 3.63) is 54.2 Å². The van der Waals surface area contributed by atoms with Gasteiger partial charge in [-0.25, -0.2) is 4.98 Å². The van der Waals surface area contributed by atoms with E-state index in [1.807, 2.05) is 37.3 Å². The molecule has 32 heavy (non-hydrogen) atoms. The Hall–Kier alpha value is -3.42. The second-order valence-corrected chi connectivity index (χ2v) is 8.14. The Bertz CT molecular complexity index is 1280. The number of benzene rings is 1. The molecule has 0 bridgehead atoms. The van der Waals surface area contributed by atoms with Crippen molar-refractivity contribution in [1.82, 2.24) is 20.2 Å². The van der Waals surface area contributed by atoms with Crippen molar-refractivity contribution < 1.29 is 17.9 Å². The fraction of sp³-hybridized carbons (Fsp3) is 0.333. The van der Waals surface area contributed by atoms with Crippen molar-refractivity contribution in [3.8, 4) is 28.5 Å². The maximum Gasteiger partial charge on any atom is 0.325 e. The highest BCUT2D eigenvalue weighted by Gasteiger charge is 2.46. The number of aromatic nitrogens is 4. The molecule has 5 rings (SSSR count). The van der Waals surface area contributed by atoms with Crippen molar-refractivity contribution in [2.75, 3.05) is 7.11 Å². The van der Waals surface area contributed by atoms with Gasteiger partial charge in [0.2, 0.25) is 5.88 Å². The molecule has 0 radical (unpaired) electrons. The van der Waals surface area contributed by atoms with Gasteiger partial charge < -0.3 is 9.15 Å². The van der Waals surface area contributed by atoms with Crippen LogP contribution in [0, 0.1) is 12.8 Å². The van der Waals surface area contributed by atoms with Crippen LogP contribution in [0.25, 0.3) is 33.5 Å². The predicted octanol–water partition coefficient (Wildman–Crippen LogP) is 5.95. The first-order valence-electron chi connectivity index (χ1n) is 10.6. The molecule has 0 spiro atoms. The van der Waals surface area contributed by atoms with Crippen LogP contribution in [-0.2, 0) is 5.92 Å². The lowest BCUT2D eigenvalue weighted by molar-refractivity contribution is -0.0846. The highest BCUT2D eigenvalue weighted by molar-refractivity contribution is 5.87. The van der Waals surface area contributed by atoms with Gasteiger partial charge in [-0.2, -0.15) is 8.78 Å². The Morgan fingerprint density at radius 2 is 1.88 bits per heavy atom. The highest BCUT2D eigenvalue weighted by Crippen LogP contribution is 2.45. The van der Waals surface area contributed by atoms with Crippen molar-refractivity contribution in [3.63, 3.8) is 0 Å². The molecule has 0 atom stereocenters. The van der Waals surface area contributed by atoms with Gasteiger partial charge in [0.1, 0.15) is 0 Å². The largest absolute Gasteiger partial charge is 0.480 e. The van der Waals surface area contributed by atoms with Crippen LogP contribution in [0.1, 0.15) is 37.3 Å². The van der Waals surface area contributed by atoms with Crippen molar-refractivity contribution in [2.45, 2.75) is 38.5 Å². The molecule has 0 N–H and O–H groups in total. The first-order chi connectivity index (χ1) is 15.5. The molecular weight excluding hydrogens is 414 g/mol. The van der Waals surface area contributed by atoms with Gasteiger partial charge >= 0.3 is 5.92 Å². The summed E-state index contributed by atoms with van der Waals surface area (Å²) in [5.41, 5.74) is 3.44. The van der Waals surface area contributed by atoms with Crippen LogP contribution in [0.2, 0.25) is 0 Å². The Morgan fingerprint density at radius 1 is 1.06 bits per heavy atom. The molecule has 0 aliphatic heterocycles. The van der Waals surface area contributed by atoms with E-state index in [-0.39, 0.29) is 5.76 Å². The number of aryl methyl sites for hydroxylation is 1. The molecule has 0 amide bonds. The minimum atomic E-state index is -3.08. The van der Waals surface area contributed by atoms with Crippen molar-refractivity contribution in [2.24, 2.45) is 5.92 Å². The maximum absolute atomic E-state index is 14.9. The summed E-state index contributed by atoms with van der Waals surface area (Å²) in [5, 5.41) is 9.10. The molecule has 1 fully saturated rings. The number of halogens is 2. The summed E-state index contributed by atoms with van der Waals surface area (Å²) in [6, 6.07) is 11.1. The number of ether oxygens (including phenoxy) is 1.